The molecule has 0 aliphatic carbocycles. The standard InChI is InChI=1S/C15H16F6N2O2/c16-14(17,18)8-25-12-4-3-9(6-11(12)22)13(24)23-5-1-2-10(7-23)15(19,20)21/h3-4,6,10H,1-2,5,7-8,22H2. The third-order valence-corrected chi connectivity index (χ3v) is 3.82. The Kier molecular flexibility index (Phi) is 5.38. The number of carbonyl (C=O) groups excluding carboxylic acids is 1. The fraction of sp³-hybridized carbons (Fsp3) is 0.533. The number of ether oxygens (including phenoxy) is 1. The first-order valence-corrected chi connectivity index (χ1v) is 7.42. The Bertz CT molecular complexity index is 629. The van der Waals surface area contributed by atoms with Crippen LogP contribution in [-0.2, 0) is 0 Å². The van der Waals surface area contributed by atoms with Crippen LogP contribution >= 0.6 is 0 Å². The van der Waals surface area contributed by atoms with E-state index in [0.29, 0.717) is 0 Å². The fourth-order valence-corrected chi connectivity index (χ4v) is 2.58. The smallest absolute Gasteiger partial charge is 0.422 e. The van der Waals surface area contributed by atoms with E-state index in [1.165, 1.54) is 6.07 Å². The monoisotopic (exact) mass is 370 g/mol. The van der Waals surface area contributed by atoms with Gasteiger partial charge in [-0.2, -0.15) is 26.3 Å². The zero-order valence-corrected chi connectivity index (χ0v) is 13.0. The first-order chi connectivity index (χ1) is 11.5. The molecule has 1 atom stereocenters. The number of benzene rings is 1. The SMILES string of the molecule is Nc1cc(C(=O)N2CCCC(C(F)(F)F)C2)ccc1OCC(F)(F)F. The number of anilines is 1. The molecule has 1 amide bonds. The molecule has 1 aromatic rings. The number of rotatable bonds is 3. The van der Waals surface area contributed by atoms with Crippen molar-refractivity contribution in [3.8, 4) is 5.75 Å². The molecular weight excluding hydrogens is 354 g/mol. The van der Waals surface area contributed by atoms with Crippen LogP contribution in [0.25, 0.3) is 0 Å². The highest BCUT2D eigenvalue weighted by molar-refractivity contribution is 5.95. The predicted octanol–water partition coefficient (Wildman–Crippen LogP) is 3.62. The molecule has 1 aliphatic heterocycles. The highest BCUT2D eigenvalue weighted by Crippen LogP contribution is 2.34. The van der Waals surface area contributed by atoms with Crippen LogP contribution < -0.4 is 10.5 Å². The van der Waals surface area contributed by atoms with Gasteiger partial charge in [-0.05, 0) is 31.0 Å². The Morgan fingerprint density at radius 3 is 2.48 bits per heavy atom. The van der Waals surface area contributed by atoms with Gasteiger partial charge in [-0.25, -0.2) is 0 Å². The molecule has 1 saturated heterocycles. The largest absolute Gasteiger partial charge is 0.482 e. The van der Waals surface area contributed by atoms with E-state index in [9.17, 15) is 31.1 Å². The van der Waals surface area contributed by atoms with Crippen LogP contribution in [-0.4, -0.2) is 42.9 Å². The van der Waals surface area contributed by atoms with E-state index in [1.54, 1.807) is 0 Å². The van der Waals surface area contributed by atoms with Crippen LogP contribution in [0.3, 0.4) is 0 Å². The molecule has 4 nitrogen and oxygen atoms in total. The van der Waals surface area contributed by atoms with Crippen molar-refractivity contribution in [2.45, 2.75) is 25.2 Å². The van der Waals surface area contributed by atoms with Gasteiger partial charge in [0, 0.05) is 18.7 Å². The van der Waals surface area contributed by atoms with Gasteiger partial charge in [0.15, 0.2) is 6.61 Å². The number of nitrogens with zero attached hydrogens (tertiary/aromatic N) is 1. The van der Waals surface area contributed by atoms with Gasteiger partial charge in [-0.1, -0.05) is 0 Å². The Morgan fingerprint density at radius 2 is 1.92 bits per heavy atom. The van der Waals surface area contributed by atoms with Gasteiger partial charge < -0.3 is 15.4 Å². The van der Waals surface area contributed by atoms with E-state index < -0.39 is 37.3 Å². The fourth-order valence-electron chi connectivity index (χ4n) is 2.58. The highest BCUT2D eigenvalue weighted by atomic mass is 19.4. The van der Waals surface area contributed by atoms with Gasteiger partial charge in [-0.3, -0.25) is 4.79 Å². The topological polar surface area (TPSA) is 55.6 Å². The Balaban J connectivity index is 2.08. The first kappa shape index (κ1) is 19.2. The minimum atomic E-state index is -4.54. The van der Waals surface area contributed by atoms with Crippen LogP contribution in [0, 0.1) is 5.92 Å². The van der Waals surface area contributed by atoms with Crippen molar-refractivity contribution in [1.29, 1.82) is 0 Å². The van der Waals surface area contributed by atoms with Crippen molar-refractivity contribution in [3.63, 3.8) is 0 Å². The van der Waals surface area contributed by atoms with Crippen LogP contribution in [0.1, 0.15) is 23.2 Å². The van der Waals surface area contributed by atoms with Crippen molar-refractivity contribution in [2.75, 3.05) is 25.4 Å². The highest BCUT2D eigenvalue weighted by Gasteiger charge is 2.42. The summed E-state index contributed by atoms with van der Waals surface area (Å²) in [4.78, 5) is 13.4. The van der Waals surface area contributed by atoms with Crippen molar-refractivity contribution < 1.29 is 35.9 Å². The second kappa shape index (κ2) is 7.01. The van der Waals surface area contributed by atoms with Gasteiger partial charge >= 0.3 is 12.4 Å². The minimum absolute atomic E-state index is 0.000293. The molecule has 1 aliphatic rings. The van der Waals surface area contributed by atoms with Crippen molar-refractivity contribution >= 4 is 11.6 Å². The lowest BCUT2D eigenvalue weighted by molar-refractivity contribution is -0.184. The molecule has 2 N–H and O–H groups in total. The van der Waals surface area contributed by atoms with Gasteiger partial charge in [0.25, 0.3) is 5.91 Å². The van der Waals surface area contributed by atoms with E-state index in [-0.39, 0.29) is 36.4 Å². The lowest BCUT2D eigenvalue weighted by Gasteiger charge is -2.33. The second-order valence-electron chi connectivity index (χ2n) is 5.79. The number of piperidine rings is 1. The summed E-state index contributed by atoms with van der Waals surface area (Å²) in [6.45, 7) is -1.81. The molecule has 25 heavy (non-hydrogen) atoms. The predicted molar refractivity (Wildman–Crippen MR) is 77.1 cm³/mol. The van der Waals surface area contributed by atoms with Crippen molar-refractivity contribution in [3.05, 3.63) is 23.8 Å². The lowest BCUT2D eigenvalue weighted by Crippen LogP contribution is -2.44. The van der Waals surface area contributed by atoms with Crippen LogP contribution in [0.15, 0.2) is 18.2 Å². The van der Waals surface area contributed by atoms with Crippen molar-refractivity contribution in [2.24, 2.45) is 5.92 Å². The van der Waals surface area contributed by atoms with E-state index in [4.69, 9.17) is 5.73 Å². The molecule has 1 unspecified atom stereocenters. The summed E-state index contributed by atoms with van der Waals surface area (Å²) in [7, 11) is 0. The Hall–Kier alpha value is -2.13. The molecular formula is C15H16F6N2O2. The number of nitrogen functional groups attached to an aromatic ring is 1. The summed E-state index contributed by atoms with van der Waals surface area (Å²) in [5.41, 5.74) is 5.38. The molecule has 0 spiro atoms. The molecule has 140 valence electrons. The molecule has 1 aromatic carbocycles. The molecule has 0 saturated carbocycles. The number of hydrogen-bond donors (Lipinski definition) is 1. The maximum atomic E-state index is 12.8. The quantitative estimate of drug-likeness (QED) is 0.653. The Morgan fingerprint density at radius 1 is 1.24 bits per heavy atom. The van der Waals surface area contributed by atoms with E-state index in [2.05, 4.69) is 4.74 Å². The summed E-state index contributed by atoms with van der Waals surface area (Å²) in [5, 5.41) is 0. The third-order valence-electron chi connectivity index (χ3n) is 3.82. The number of likely N-dealkylation sites (tertiary alicyclic amines) is 1. The van der Waals surface area contributed by atoms with E-state index >= 15 is 0 Å². The number of nitrogens with two attached hydrogens (primary N) is 1. The molecule has 10 heteroatoms. The van der Waals surface area contributed by atoms with Gasteiger partial charge in [0.1, 0.15) is 5.75 Å². The number of carbonyl (C=O) groups is 1. The first-order valence-electron chi connectivity index (χ1n) is 7.42. The maximum absolute atomic E-state index is 12.8. The normalized spacial score (nSPS) is 19.0. The van der Waals surface area contributed by atoms with Crippen molar-refractivity contribution in [1.82, 2.24) is 4.90 Å². The molecule has 1 heterocycles. The summed E-state index contributed by atoms with van der Waals surface area (Å²) >= 11 is 0. The second-order valence-corrected chi connectivity index (χ2v) is 5.79. The van der Waals surface area contributed by atoms with Crippen LogP contribution in [0.4, 0.5) is 32.0 Å². The van der Waals surface area contributed by atoms with Crippen LogP contribution in [0.5, 0.6) is 5.75 Å². The summed E-state index contributed by atoms with van der Waals surface area (Å²) in [6.07, 6.45) is -8.74. The van der Waals surface area contributed by atoms with Gasteiger partial charge in [0.05, 0.1) is 11.6 Å². The number of amides is 1. The number of alkyl halides is 6. The molecule has 0 bridgehead atoms. The number of halogens is 6. The maximum Gasteiger partial charge on any atom is 0.422 e. The van der Waals surface area contributed by atoms with E-state index in [0.717, 1.165) is 17.0 Å². The third kappa shape index (κ3) is 5.17. The van der Waals surface area contributed by atoms with E-state index in [1.807, 2.05) is 0 Å². The average Bonchev–Trinajstić information content (AvgIpc) is 2.51. The summed E-state index contributed by atoms with van der Waals surface area (Å²) in [5.74, 6) is -2.49. The average molecular weight is 370 g/mol. The zero-order valence-electron chi connectivity index (χ0n) is 13.0. The zero-order chi connectivity index (χ0) is 18.8. The van der Waals surface area contributed by atoms with Gasteiger partial charge in [-0.15, -0.1) is 0 Å². The molecule has 0 radical (unpaired) electrons. The minimum Gasteiger partial charge on any atom is -0.482 e. The van der Waals surface area contributed by atoms with Crippen LogP contribution in [0.2, 0.25) is 0 Å². The Labute approximate surface area is 139 Å². The van der Waals surface area contributed by atoms with Gasteiger partial charge in [0.2, 0.25) is 0 Å². The lowest BCUT2D eigenvalue weighted by atomic mass is 9.97. The molecule has 1 fully saturated rings. The number of hydrogen-bond acceptors (Lipinski definition) is 3. The molecule has 2 rings (SSSR count). The molecule has 0 aromatic heterocycles. The summed E-state index contributed by atoms with van der Waals surface area (Å²) in [6, 6.07) is 3.38. The summed E-state index contributed by atoms with van der Waals surface area (Å²) < 4.78 is 79.4.